The van der Waals surface area contributed by atoms with Crippen LogP contribution in [0, 0.1) is 11.8 Å². The molecule has 2 aliphatic rings. The SMILES string of the molecule is Nc1ncnc2c1ncn2[C@@H]1C[C@H](COP(O)(O)=S)[C@H]1COP(O)(=S)OC[C@@H]1CC[C@H](n2cnc3c(N)ncnc32)O1. The molecule has 0 radical (unpaired) electrons. The van der Waals surface area contributed by atoms with Crippen molar-refractivity contribution in [1.29, 1.82) is 0 Å². The average molecular weight is 659 g/mol. The second-order valence-electron chi connectivity index (χ2n) is 10.0. The first-order valence-corrected chi connectivity index (χ1v) is 18.0. The summed E-state index contributed by atoms with van der Waals surface area (Å²) >= 11 is 9.89. The van der Waals surface area contributed by atoms with Gasteiger partial charge in [0, 0.05) is 12.0 Å². The van der Waals surface area contributed by atoms with Crippen molar-refractivity contribution in [3.8, 4) is 0 Å². The third kappa shape index (κ3) is 6.18. The van der Waals surface area contributed by atoms with Crippen LogP contribution in [0.1, 0.15) is 31.5 Å². The smallest absolute Gasteiger partial charge is 0.324 e. The summed E-state index contributed by atoms with van der Waals surface area (Å²) in [6.07, 6.45) is 7.14. The second-order valence-corrected chi connectivity index (χ2v) is 15.5. The Morgan fingerprint density at radius 1 is 0.833 bits per heavy atom. The molecule has 4 aromatic heterocycles. The first kappa shape index (κ1) is 29.8. The van der Waals surface area contributed by atoms with Gasteiger partial charge in [0.05, 0.1) is 38.6 Å². The minimum absolute atomic E-state index is 0.00272. The van der Waals surface area contributed by atoms with Crippen molar-refractivity contribution in [3.05, 3.63) is 25.3 Å². The highest BCUT2D eigenvalue weighted by Crippen LogP contribution is 2.52. The van der Waals surface area contributed by atoms with Crippen molar-refractivity contribution < 1.29 is 33.0 Å². The molecule has 1 aliphatic heterocycles. The molecule has 0 aromatic carbocycles. The van der Waals surface area contributed by atoms with Gasteiger partial charge in [-0.25, -0.2) is 29.9 Å². The van der Waals surface area contributed by atoms with E-state index in [2.05, 4.69) is 41.7 Å². The van der Waals surface area contributed by atoms with Gasteiger partial charge in [-0.05, 0) is 48.8 Å². The first-order chi connectivity index (χ1) is 20.0. The number of imidazole rings is 2. The molecular weight excluding hydrogens is 630 g/mol. The van der Waals surface area contributed by atoms with Crippen LogP contribution in [0.4, 0.5) is 11.6 Å². The van der Waals surface area contributed by atoms with E-state index in [0.29, 0.717) is 41.6 Å². The lowest BCUT2D eigenvalue weighted by Crippen LogP contribution is -2.43. The number of fused-ring (bicyclic) bond motifs is 2. The molecule has 1 saturated carbocycles. The van der Waals surface area contributed by atoms with E-state index in [0.717, 1.165) is 0 Å². The lowest BCUT2D eigenvalue weighted by atomic mass is 9.70. The number of ether oxygens (including phenoxy) is 1. The lowest BCUT2D eigenvalue weighted by molar-refractivity contribution is -0.0246. The number of nitrogens with zero attached hydrogens (tertiary/aromatic N) is 8. The van der Waals surface area contributed by atoms with Crippen molar-refractivity contribution in [2.24, 2.45) is 11.8 Å². The highest BCUT2D eigenvalue weighted by molar-refractivity contribution is 8.07. The first-order valence-electron chi connectivity index (χ1n) is 12.8. The monoisotopic (exact) mass is 658 g/mol. The number of nitrogen functional groups attached to an aromatic ring is 2. The molecular formula is C21H28N10O7P2S2. The molecule has 42 heavy (non-hydrogen) atoms. The second kappa shape index (κ2) is 11.7. The largest absolute Gasteiger partial charge is 0.382 e. The summed E-state index contributed by atoms with van der Waals surface area (Å²) in [6, 6.07) is -0.176. The molecule has 226 valence electrons. The zero-order valence-corrected chi connectivity index (χ0v) is 25.3. The van der Waals surface area contributed by atoms with Crippen LogP contribution in [-0.2, 0) is 41.9 Å². The summed E-state index contributed by atoms with van der Waals surface area (Å²) < 4.78 is 26.3. The highest BCUT2D eigenvalue weighted by Gasteiger charge is 2.44. The molecule has 6 rings (SSSR count). The molecule has 4 aromatic rings. The Hall–Kier alpha value is -2.28. The van der Waals surface area contributed by atoms with Gasteiger partial charge in [0.2, 0.25) is 0 Å². The Balaban J connectivity index is 1.08. The quantitative estimate of drug-likeness (QED) is 0.142. The number of hydrogen-bond acceptors (Lipinski definition) is 14. The maximum absolute atomic E-state index is 10.8. The number of anilines is 2. The van der Waals surface area contributed by atoms with Gasteiger partial charge in [-0.15, -0.1) is 0 Å². The predicted octanol–water partition coefficient (Wildman–Crippen LogP) is 1.16. The Bertz CT molecular complexity index is 1700. The van der Waals surface area contributed by atoms with Gasteiger partial charge in [-0.2, -0.15) is 0 Å². The van der Waals surface area contributed by atoms with E-state index in [4.69, 9.17) is 41.6 Å². The van der Waals surface area contributed by atoms with Gasteiger partial charge in [-0.3, -0.25) is 4.57 Å². The normalized spacial score (nSPS) is 26.0. The fourth-order valence-corrected chi connectivity index (χ4v) is 7.05. The predicted molar refractivity (Wildman–Crippen MR) is 156 cm³/mol. The van der Waals surface area contributed by atoms with E-state index in [9.17, 15) is 14.7 Å². The van der Waals surface area contributed by atoms with Crippen LogP contribution < -0.4 is 11.5 Å². The molecule has 0 amide bonds. The highest BCUT2D eigenvalue weighted by atomic mass is 32.5. The third-order valence-electron chi connectivity index (χ3n) is 7.48. The fraction of sp³-hybridized carbons (Fsp3) is 0.524. The van der Waals surface area contributed by atoms with Crippen molar-refractivity contribution in [1.82, 2.24) is 39.0 Å². The lowest BCUT2D eigenvalue weighted by Gasteiger charge is -2.45. The van der Waals surface area contributed by atoms with Crippen LogP contribution in [0.2, 0.25) is 0 Å². The molecule has 1 unspecified atom stereocenters. The standard InChI is InChI=1S/C21H28N10O7P2S2/c22-18-16-20(26-7-24-18)30(9-28-16)14-3-11(4-35-39(32,33)41)13(14)6-37-40(34,42)36-5-12-1-2-15(38-12)31-10-29-17-19(23)25-8-27-21(17)31/h7-15H,1-6H2,(H,34,42)(H2,22,24,26)(H2,23,25,27)(H2,32,33,41)/t11-,12+,13-,14-,15-,40?/m1/s1. The Morgan fingerprint density at radius 3 is 2.12 bits per heavy atom. The topological polar surface area (TPSA) is 237 Å². The van der Waals surface area contributed by atoms with Crippen LogP contribution >= 0.6 is 13.4 Å². The summed E-state index contributed by atoms with van der Waals surface area (Å²) in [5, 5.41) is 0. The van der Waals surface area contributed by atoms with Crippen molar-refractivity contribution >= 4 is 71.0 Å². The van der Waals surface area contributed by atoms with Crippen LogP contribution in [0.25, 0.3) is 22.3 Å². The fourth-order valence-electron chi connectivity index (χ4n) is 5.33. The van der Waals surface area contributed by atoms with Crippen LogP contribution in [-0.4, -0.2) is 79.6 Å². The van der Waals surface area contributed by atoms with E-state index in [1.807, 2.05) is 4.57 Å². The minimum Gasteiger partial charge on any atom is -0.382 e. The number of nitrogens with two attached hydrogens (primary N) is 2. The zero-order chi connectivity index (χ0) is 29.6. The van der Waals surface area contributed by atoms with E-state index >= 15 is 0 Å². The summed E-state index contributed by atoms with van der Waals surface area (Å²) in [5.74, 6) is 0.0919. The number of aromatic nitrogens is 8. The Labute approximate surface area is 248 Å². The molecule has 5 heterocycles. The Morgan fingerprint density at radius 2 is 1.45 bits per heavy atom. The van der Waals surface area contributed by atoms with Gasteiger partial charge in [-0.1, -0.05) is 0 Å². The summed E-state index contributed by atoms with van der Waals surface area (Å²) in [4.78, 5) is 55.0. The van der Waals surface area contributed by atoms with Gasteiger partial charge in [0.15, 0.2) is 22.9 Å². The molecule has 7 N–H and O–H groups in total. The van der Waals surface area contributed by atoms with Crippen molar-refractivity contribution in [2.45, 2.75) is 37.6 Å². The summed E-state index contributed by atoms with van der Waals surface area (Å²) in [6.45, 7) is -7.50. The van der Waals surface area contributed by atoms with E-state index in [1.54, 1.807) is 17.2 Å². The van der Waals surface area contributed by atoms with Gasteiger partial charge < -0.3 is 49.0 Å². The summed E-state index contributed by atoms with van der Waals surface area (Å²) in [7, 11) is 0. The molecule has 0 bridgehead atoms. The molecule has 21 heteroatoms. The van der Waals surface area contributed by atoms with E-state index in [-0.39, 0.29) is 61.7 Å². The molecule has 0 spiro atoms. The molecule has 1 saturated heterocycles. The minimum atomic E-state index is -3.85. The van der Waals surface area contributed by atoms with E-state index in [1.165, 1.54) is 12.7 Å². The van der Waals surface area contributed by atoms with Crippen LogP contribution in [0.15, 0.2) is 25.3 Å². The molecule has 17 nitrogen and oxygen atoms in total. The van der Waals surface area contributed by atoms with Crippen LogP contribution in [0.5, 0.6) is 0 Å². The molecule has 2 fully saturated rings. The van der Waals surface area contributed by atoms with Gasteiger partial charge in [0.1, 0.15) is 29.9 Å². The third-order valence-corrected chi connectivity index (χ3v) is 9.87. The molecule has 1 aliphatic carbocycles. The zero-order valence-electron chi connectivity index (χ0n) is 21.9. The maximum Gasteiger partial charge on any atom is 0.324 e. The maximum atomic E-state index is 10.8. The van der Waals surface area contributed by atoms with Crippen LogP contribution in [0.3, 0.4) is 0 Å². The van der Waals surface area contributed by atoms with Gasteiger partial charge in [0.25, 0.3) is 0 Å². The van der Waals surface area contributed by atoms with E-state index < -0.39 is 13.4 Å². The number of rotatable bonds is 11. The average Bonchev–Trinajstić information content (AvgIpc) is 3.66. The van der Waals surface area contributed by atoms with Crippen molar-refractivity contribution in [2.75, 3.05) is 31.3 Å². The van der Waals surface area contributed by atoms with Gasteiger partial charge >= 0.3 is 13.4 Å². The number of hydrogen-bond donors (Lipinski definition) is 5. The van der Waals surface area contributed by atoms with Crippen molar-refractivity contribution in [3.63, 3.8) is 0 Å². The summed E-state index contributed by atoms with van der Waals surface area (Å²) in [5.41, 5.74) is 13.9. The molecule has 6 atom stereocenters. The Kier molecular flexibility index (Phi) is 8.27.